The van der Waals surface area contributed by atoms with Crippen molar-refractivity contribution in [2.75, 3.05) is 0 Å². The van der Waals surface area contributed by atoms with Gasteiger partial charge in [0.15, 0.2) is 0 Å². The van der Waals surface area contributed by atoms with Crippen molar-refractivity contribution in [3.05, 3.63) is 78.2 Å². The van der Waals surface area contributed by atoms with Gasteiger partial charge in [-0.2, -0.15) is 0 Å². The van der Waals surface area contributed by atoms with Crippen LogP contribution in [0.2, 0.25) is 0 Å². The highest BCUT2D eigenvalue weighted by atomic mass is 32.2. The molecule has 0 saturated carbocycles. The Morgan fingerprint density at radius 1 is 0.967 bits per heavy atom. The molecule has 0 saturated heterocycles. The van der Waals surface area contributed by atoms with Crippen LogP contribution >= 0.6 is 0 Å². The van der Waals surface area contributed by atoms with E-state index in [0.29, 0.717) is 5.56 Å². The highest BCUT2D eigenvalue weighted by molar-refractivity contribution is 7.89. The lowest BCUT2D eigenvalue weighted by atomic mass is 10.3. The van der Waals surface area contributed by atoms with Gasteiger partial charge in [0.2, 0.25) is 15.9 Å². The number of hydrogen-bond donors (Lipinski definition) is 1. The van der Waals surface area contributed by atoms with E-state index in [1.807, 2.05) is 0 Å². The molecule has 11 heteroatoms. The number of sulfonamides is 1. The standard InChI is InChI=1S/C19H14F4N2O4S/c20-14-3-1-4-15(9-14)28-18-8-7-13(11-24-18)12-25-30(26,27)17-6-2-5-16(10-17)29-19(21,22)23/h1-11,25H,12H2. The zero-order valence-corrected chi connectivity index (χ0v) is 15.9. The first-order valence-electron chi connectivity index (χ1n) is 8.35. The molecule has 1 aromatic heterocycles. The molecule has 0 unspecified atom stereocenters. The molecule has 0 amide bonds. The van der Waals surface area contributed by atoms with Gasteiger partial charge in [0, 0.05) is 30.9 Å². The third kappa shape index (κ3) is 6.16. The van der Waals surface area contributed by atoms with E-state index < -0.39 is 28.0 Å². The van der Waals surface area contributed by atoms with Gasteiger partial charge in [-0.1, -0.05) is 18.2 Å². The number of aromatic nitrogens is 1. The molecule has 0 aliphatic heterocycles. The van der Waals surface area contributed by atoms with Crippen molar-refractivity contribution in [2.24, 2.45) is 0 Å². The summed E-state index contributed by atoms with van der Waals surface area (Å²) in [6.45, 7) is -0.167. The molecule has 6 nitrogen and oxygen atoms in total. The number of benzene rings is 2. The Hall–Kier alpha value is -3.18. The average Bonchev–Trinajstić information content (AvgIpc) is 2.66. The van der Waals surface area contributed by atoms with Crippen LogP contribution in [-0.4, -0.2) is 19.8 Å². The topological polar surface area (TPSA) is 77.5 Å². The van der Waals surface area contributed by atoms with Crippen LogP contribution < -0.4 is 14.2 Å². The minimum atomic E-state index is -4.93. The second-order valence-corrected chi connectivity index (χ2v) is 7.68. The lowest BCUT2D eigenvalue weighted by Gasteiger charge is -2.11. The second kappa shape index (κ2) is 8.67. The summed E-state index contributed by atoms with van der Waals surface area (Å²) in [6.07, 6.45) is -3.59. The van der Waals surface area contributed by atoms with Crippen molar-refractivity contribution in [3.8, 4) is 17.4 Å². The normalized spacial score (nSPS) is 11.9. The van der Waals surface area contributed by atoms with E-state index in [2.05, 4.69) is 14.4 Å². The Kier molecular flexibility index (Phi) is 6.22. The Labute approximate surface area is 169 Å². The zero-order chi connectivity index (χ0) is 21.8. The van der Waals surface area contributed by atoms with E-state index in [-0.39, 0.29) is 23.1 Å². The van der Waals surface area contributed by atoms with E-state index in [1.165, 1.54) is 36.5 Å². The van der Waals surface area contributed by atoms with Gasteiger partial charge < -0.3 is 9.47 Å². The summed E-state index contributed by atoms with van der Waals surface area (Å²) >= 11 is 0. The molecule has 158 valence electrons. The Bertz CT molecular complexity index is 1120. The van der Waals surface area contributed by atoms with Crippen LogP contribution in [0, 0.1) is 5.82 Å². The van der Waals surface area contributed by atoms with E-state index in [9.17, 15) is 26.0 Å². The monoisotopic (exact) mass is 442 g/mol. The molecular formula is C19H14F4N2O4S. The Balaban J connectivity index is 1.64. The molecule has 0 aliphatic carbocycles. The van der Waals surface area contributed by atoms with Crippen molar-refractivity contribution in [1.29, 1.82) is 0 Å². The molecule has 0 spiro atoms. The van der Waals surface area contributed by atoms with Crippen molar-refractivity contribution in [1.82, 2.24) is 9.71 Å². The number of halogens is 4. The van der Waals surface area contributed by atoms with E-state index in [1.54, 1.807) is 6.07 Å². The molecule has 1 heterocycles. The number of rotatable bonds is 7. The summed E-state index contributed by atoms with van der Waals surface area (Å²) in [5.41, 5.74) is 0.466. The van der Waals surface area contributed by atoms with Crippen molar-refractivity contribution in [2.45, 2.75) is 17.8 Å². The fourth-order valence-corrected chi connectivity index (χ4v) is 3.38. The SMILES string of the molecule is O=S(=O)(NCc1ccc(Oc2cccc(F)c2)nc1)c1cccc(OC(F)(F)F)c1. The third-order valence-corrected chi connectivity index (χ3v) is 5.03. The maximum absolute atomic E-state index is 13.2. The molecule has 3 rings (SSSR count). The lowest BCUT2D eigenvalue weighted by Crippen LogP contribution is -2.23. The quantitative estimate of drug-likeness (QED) is 0.549. The predicted molar refractivity (Wildman–Crippen MR) is 97.9 cm³/mol. The van der Waals surface area contributed by atoms with Crippen molar-refractivity contribution < 1.29 is 35.5 Å². The van der Waals surface area contributed by atoms with Gasteiger partial charge >= 0.3 is 6.36 Å². The first-order valence-corrected chi connectivity index (χ1v) is 9.83. The molecule has 0 aliphatic rings. The maximum Gasteiger partial charge on any atom is 0.573 e. The first kappa shape index (κ1) is 21.5. The van der Waals surface area contributed by atoms with Crippen molar-refractivity contribution in [3.63, 3.8) is 0 Å². The van der Waals surface area contributed by atoms with E-state index in [4.69, 9.17) is 4.74 Å². The van der Waals surface area contributed by atoms with Gasteiger partial charge in [-0.25, -0.2) is 22.5 Å². The van der Waals surface area contributed by atoms with Gasteiger partial charge in [0.05, 0.1) is 4.90 Å². The number of nitrogens with one attached hydrogen (secondary N) is 1. The molecule has 3 aromatic rings. The number of hydrogen-bond acceptors (Lipinski definition) is 5. The molecule has 0 atom stereocenters. The van der Waals surface area contributed by atoms with E-state index in [0.717, 1.165) is 24.3 Å². The summed E-state index contributed by atoms with van der Waals surface area (Å²) in [6, 6.07) is 12.5. The smallest absolute Gasteiger partial charge is 0.439 e. The molecular weight excluding hydrogens is 428 g/mol. The predicted octanol–water partition coefficient (Wildman–Crippen LogP) is 4.39. The molecule has 0 bridgehead atoms. The Morgan fingerprint density at radius 3 is 2.37 bits per heavy atom. The third-order valence-electron chi connectivity index (χ3n) is 3.63. The summed E-state index contributed by atoms with van der Waals surface area (Å²) in [7, 11) is -4.10. The van der Waals surface area contributed by atoms with Crippen molar-refractivity contribution >= 4 is 10.0 Å². The van der Waals surface area contributed by atoms with Gasteiger partial charge in [-0.05, 0) is 29.8 Å². The second-order valence-electron chi connectivity index (χ2n) is 5.91. The first-order chi connectivity index (χ1) is 14.1. The highest BCUT2D eigenvalue weighted by Gasteiger charge is 2.31. The van der Waals surface area contributed by atoms with Crippen LogP contribution in [0.25, 0.3) is 0 Å². The zero-order valence-electron chi connectivity index (χ0n) is 15.1. The summed E-state index contributed by atoms with van der Waals surface area (Å²) in [4.78, 5) is 3.62. The fraction of sp³-hybridized carbons (Fsp3) is 0.105. The van der Waals surface area contributed by atoms with Crippen LogP contribution in [-0.2, 0) is 16.6 Å². The van der Waals surface area contributed by atoms with Crippen LogP contribution in [0.1, 0.15) is 5.56 Å². The largest absolute Gasteiger partial charge is 0.573 e. The van der Waals surface area contributed by atoms with Gasteiger partial charge in [-0.3, -0.25) is 0 Å². The van der Waals surface area contributed by atoms with Crippen LogP contribution in [0.3, 0.4) is 0 Å². The fourth-order valence-electron chi connectivity index (χ4n) is 2.33. The highest BCUT2D eigenvalue weighted by Crippen LogP contribution is 2.25. The number of nitrogens with zero attached hydrogens (tertiary/aromatic N) is 1. The number of alkyl halides is 3. The van der Waals surface area contributed by atoms with Crippen LogP contribution in [0.5, 0.6) is 17.4 Å². The minimum absolute atomic E-state index is 0.167. The lowest BCUT2D eigenvalue weighted by molar-refractivity contribution is -0.274. The van der Waals surface area contributed by atoms with Crippen LogP contribution in [0.15, 0.2) is 71.8 Å². The van der Waals surface area contributed by atoms with Gasteiger partial charge in [-0.15, -0.1) is 13.2 Å². The molecule has 0 radical (unpaired) electrons. The molecule has 1 N–H and O–H groups in total. The Morgan fingerprint density at radius 2 is 1.70 bits per heavy atom. The van der Waals surface area contributed by atoms with Crippen LogP contribution in [0.4, 0.5) is 17.6 Å². The molecule has 30 heavy (non-hydrogen) atoms. The van der Waals surface area contributed by atoms with Gasteiger partial charge in [0.1, 0.15) is 17.3 Å². The minimum Gasteiger partial charge on any atom is -0.439 e. The average molecular weight is 442 g/mol. The number of pyridine rings is 1. The summed E-state index contributed by atoms with van der Waals surface area (Å²) in [5.74, 6) is -0.699. The maximum atomic E-state index is 13.2. The van der Waals surface area contributed by atoms with Gasteiger partial charge in [0.25, 0.3) is 0 Å². The summed E-state index contributed by atoms with van der Waals surface area (Å²) < 4.78 is 86.1. The molecule has 2 aromatic carbocycles. The molecule has 0 fully saturated rings. The number of ether oxygens (including phenoxy) is 2. The summed E-state index contributed by atoms with van der Waals surface area (Å²) in [5, 5.41) is 0. The van der Waals surface area contributed by atoms with E-state index >= 15 is 0 Å².